The third-order valence-corrected chi connectivity index (χ3v) is 5.99. The second-order valence-corrected chi connectivity index (χ2v) is 8.59. The summed E-state index contributed by atoms with van der Waals surface area (Å²) >= 11 is 6.28. The summed E-state index contributed by atoms with van der Waals surface area (Å²) in [6.07, 6.45) is 1.31. The van der Waals surface area contributed by atoms with E-state index in [2.05, 4.69) is 10.6 Å². The maximum atomic E-state index is 13.7. The van der Waals surface area contributed by atoms with E-state index in [1.165, 1.54) is 42.5 Å². The molecule has 8 nitrogen and oxygen atoms in total. The molecule has 0 radical (unpaired) electrons. The summed E-state index contributed by atoms with van der Waals surface area (Å²) < 4.78 is 19.1. The van der Waals surface area contributed by atoms with Crippen molar-refractivity contribution in [2.75, 3.05) is 16.8 Å². The normalized spacial score (nSPS) is 14.5. The van der Waals surface area contributed by atoms with Crippen LogP contribution in [0.1, 0.15) is 16.7 Å². The van der Waals surface area contributed by atoms with E-state index in [0.717, 1.165) is 16.0 Å². The molecule has 1 saturated heterocycles. The lowest BCUT2D eigenvalue weighted by Crippen LogP contribution is -2.54. The van der Waals surface area contributed by atoms with Crippen molar-refractivity contribution < 1.29 is 28.3 Å². The number of hydrogen-bond acceptors (Lipinski definition) is 5. The van der Waals surface area contributed by atoms with Gasteiger partial charge in [-0.25, -0.2) is 14.1 Å². The van der Waals surface area contributed by atoms with Gasteiger partial charge in [0.05, 0.1) is 16.4 Å². The molecule has 2 N–H and O–H groups in total. The number of carbonyl (C=O) groups is 4. The zero-order chi connectivity index (χ0) is 26.7. The lowest BCUT2D eigenvalue weighted by Gasteiger charge is -2.28. The van der Waals surface area contributed by atoms with Crippen LogP contribution in [0.15, 0.2) is 66.2 Å². The third kappa shape index (κ3) is 5.52. The molecular weight excluding hydrogens is 501 g/mol. The van der Waals surface area contributed by atoms with Crippen LogP contribution in [-0.2, 0) is 14.4 Å². The first-order chi connectivity index (χ1) is 17.7. The number of aryl methyl sites for hydroxylation is 1. The van der Waals surface area contributed by atoms with Crippen LogP contribution < -0.4 is 20.3 Å². The van der Waals surface area contributed by atoms with Gasteiger partial charge in [0.1, 0.15) is 17.1 Å². The van der Waals surface area contributed by atoms with Crippen LogP contribution in [0.4, 0.5) is 20.6 Å². The second-order valence-electron chi connectivity index (χ2n) is 8.18. The average molecular weight is 522 g/mol. The van der Waals surface area contributed by atoms with E-state index in [1.54, 1.807) is 25.1 Å². The van der Waals surface area contributed by atoms with Crippen LogP contribution in [-0.4, -0.2) is 30.4 Å². The van der Waals surface area contributed by atoms with Crippen molar-refractivity contribution in [3.8, 4) is 5.75 Å². The molecule has 5 amide bonds. The zero-order valence-corrected chi connectivity index (χ0v) is 20.6. The zero-order valence-electron chi connectivity index (χ0n) is 19.8. The number of hydrogen-bond donors (Lipinski definition) is 2. The van der Waals surface area contributed by atoms with Gasteiger partial charge in [-0.2, -0.15) is 0 Å². The van der Waals surface area contributed by atoms with Gasteiger partial charge < -0.3 is 10.1 Å². The number of nitrogens with zero attached hydrogens (tertiary/aromatic N) is 1. The first kappa shape index (κ1) is 25.6. The van der Waals surface area contributed by atoms with Gasteiger partial charge in [-0.05, 0) is 66.9 Å². The Hall–Kier alpha value is -4.50. The summed E-state index contributed by atoms with van der Waals surface area (Å²) in [5.41, 5.74) is 2.13. The Labute approximate surface area is 216 Å². The van der Waals surface area contributed by atoms with Crippen LogP contribution in [0.5, 0.6) is 5.75 Å². The molecule has 0 bridgehead atoms. The van der Waals surface area contributed by atoms with Crippen molar-refractivity contribution in [2.45, 2.75) is 13.8 Å². The second kappa shape index (κ2) is 10.6. The number of halogens is 2. The number of ether oxygens (including phenoxy) is 1. The maximum absolute atomic E-state index is 13.7. The van der Waals surface area contributed by atoms with Crippen molar-refractivity contribution in [3.05, 3.63) is 93.8 Å². The molecule has 0 spiro atoms. The number of rotatable bonds is 6. The summed E-state index contributed by atoms with van der Waals surface area (Å²) in [6, 6.07) is 14.5. The van der Waals surface area contributed by atoms with Crippen LogP contribution >= 0.6 is 11.6 Å². The van der Waals surface area contributed by atoms with Crippen LogP contribution in [0, 0.1) is 19.7 Å². The number of anilines is 2. The van der Waals surface area contributed by atoms with Gasteiger partial charge in [-0.3, -0.25) is 19.7 Å². The summed E-state index contributed by atoms with van der Waals surface area (Å²) in [7, 11) is 0. The predicted molar refractivity (Wildman–Crippen MR) is 137 cm³/mol. The van der Waals surface area contributed by atoms with Crippen molar-refractivity contribution in [2.24, 2.45) is 0 Å². The summed E-state index contributed by atoms with van der Waals surface area (Å²) in [6.45, 7) is 3.20. The van der Waals surface area contributed by atoms with Gasteiger partial charge >= 0.3 is 6.03 Å². The molecule has 10 heteroatoms. The Morgan fingerprint density at radius 2 is 1.84 bits per heavy atom. The van der Waals surface area contributed by atoms with E-state index in [-0.39, 0.29) is 22.0 Å². The topological polar surface area (TPSA) is 105 Å². The molecule has 188 valence electrons. The Kier molecular flexibility index (Phi) is 7.35. The first-order valence-electron chi connectivity index (χ1n) is 11.1. The third-order valence-electron chi connectivity index (χ3n) is 5.69. The number of imide groups is 2. The minimum atomic E-state index is -0.837. The van der Waals surface area contributed by atoms with Crippen molar-refractivity contribution in [3.63, 3.8) is 0 Å². The molecule has 1 heterocycles. The van der Waals surface area contributed by atoms with Crippen molar-refractivity contribution in [1.82, 2.24) is 5.32 Å². The Morgan fingerprint density at radius 1 is 1.08 bits per heavy atom. The Bertz CT molecular complexity index is 1470. The van der Waals surface area contributed by atoms with E-state index in [9.17, 15) is 23.6 Å². The van der Waals surface area contributed by atoms with E-state index < -0.39 is 36.2 Å². The highest BCUT2D eigenvalue weighted by Crippen LogP contribution is 2.29. The highest BCUT2D eigenvalue weighted by molar-refractivity contribution is 6.39. The number of urea groups is 1. The molecule has 0 saturated carbocycles. The molecule has 1 aliphatic heterocycles. The fourth-order valence-corrected chi connectivity index (χ4v) is 3.88. The van der Waals surface area contributed by atoms with Gasteiger partial charge in [-0.1, -0.05) is 41.9 Å². The maximum Gasteiger partial charge on any atom is 0.335 e. The largest absolute Gasteiger partial charge is 0.482 e. The molecular formula is C27H21ClFN3O5. The van der Waals surface area contributed by atoms with Gasteiger partial charge in [0.2, 0.25) is 0 Å². The number of nitrogens with one attached hydrogen (secondary N) is 2. The smallest absolute Gasteiger partial charge is 0.335 e. The molecule has 0 unspecified atom stereocenters. The van der Waals surface area contributed by atoms with Crippen molar-refractivity contribution >= 4 is 52.8 Å². The quantitative estimate of drug-likeness (QED) is 0.359. The summed E-state index contributed by atoms with van der Waals surface area (Å²) in [5, 5.41) is 4.70. The van der Waals surface area contributed by atoms with Gasteiger partial charge in [0.15, 0.2) is 6.61 Å². The Balaban J connectivity index is 1.51. The van der Waals surface area contributed by atoms with E-state index in [1.807, 2.05) is 13.0 Å². The Morgan fingerprint density at radius 3 is 2.57 bits per heavy atom. The molecule has 4 rings (SSSR count). The minimum absolute atomic E-state index is 0.0213. The van der Waals surface area contributed by atoms with Gasteiger partial charge in [-0.15, -0.1) is 0 Å². The van der Waals surface area contributed by atoms with Crippen LogP contribution in [0.25, 0.3) is 6.08 Å². The SMILES string of the molecule is Cc1cccc(N2C(=O)NC(=O)/C(=C\c3ccc(OCC(=O)Nc4ccccc4F)c(Cl)c3)C2=O)c1C. The van der Waals surface area contributed by atoms with E-state index in [0.29, 0.717) is 11.3 Å². The lowest BCUT2D eigenvalue weighted by atomic mass is 10.0. The van der Waals surface area contributed by atoms with Gasteiger partial charge in [0, 0.05) is 0 Å². The predicted octanol–water partition coefficient (Wildman–Crippen LogP) is 4.78. The monoisotopic (exact) mass is 521 g/mol. The van der Waals surface area contributed by atoms with Crippen LogP contribution in [0.3, 0.4) is 0 Å². The highest BCUT2D eigenvalue weighted by Gasteiger charge is 2.37. The number of barbiturate groups is 1. The number of amides is 5. The first-order valence-corrected chi connectivity index (χ1v) is 11.5. The lowest BCUT2D eigenvalue weighted by molar-refractivity contribution is -0.122. The molecule has 37 heavy (non-hydrogen) atoms. The molecule has 0 atom stereocenters. The van der Waals surface area contributed by atoms with E-state index in [4.69, 9.17) is 16.3 Å². The van der Waals surface area contributed by atoms with Gasteiger partial charge in [0.25, 0.3) is 17.7 Å². The molecule has 3 aromatic carbocycles. The molecule has 3 aromatic rings. The fourth-order valence-electron chi connectivity index (χ4n) is 3.64. The van der Waals surface area contributed by atoms with Crippen LogP contribution in [0.2, 0.25) is 5.02 Å². The fraction of sp³-hybridized carbons (Fsp3) is 0.111. The molecule has 0 aromatic heterocycles. The molecule has 1 aliphatic rings. The summed E-state index contributed by atoms with van der Waals surface area (Å²) in [4.78, 5) is 51.2. The number of carbonyl (C=O) groups excluding carboxylic acids is 4. The summed E-state index contributed by atoms with van der Waals surface area (Å²) in [5.74, 6) is -2.61. The van der Waals surface area contributed by atoms with Crippen molar-refractivity contribution in [1.29, 1.82) is 0 Å². The number of para-hydroxylation sites is 1. The van der Waals surface area contributed by atoms with E-state index >= 15 is 0 Å². The average Bonchev–Trinajstić information content (AvgIpc) is 2.85. The molecule has 0 aliphatic carbocycles. The number of benzene rings is 3. The highest BCUT2D eigenvalue weighted by atomic mass is 35.5. The standard InChI is InChI=1S/C27H21ClFN3O5/c1-15-6-5-9-22(16(15)2)32-26(35)18(25(34)31-27(32)36)12-17-10-11-23(19(28)13-17)37-14-24(33)30-21-8-4-3-7-20(21)29/h3-13H,14H2,1-2H3,(H,30,33)(H,31,34,36)/b18-12+. The molecule has 1 fully saturated rings. The minimum Gasteiger partial charge on any atom is -0.482 e.